The standard InChI is InChI=1S/C15H13BrClFO/c1-10-2-5-15(12(6-10)8-16)19-9-11-3-4-13(17)14(18)7-11/h2-7H,8-9H2,1H3. The lowest BCUT2D eigenvalue weighted by molar-refractivity contribution is 0.303. The fourth-order valence-electron chi connectivity index (χ4n) is 1.74. The van der Waals surface area contributed by atoms with Crippen molar-refractivity contribution in [3.05, 3.63) is 63.9 Å². The Morgan fingerprint density at radius 1 is 1.21 bits per heavy atom. The molecule has 0 atom stereocenters. The Bertz CT molecular complexity index is 586. The highest BCUT2D eigenvalue weighted by atomic mass is 79.9. The number of ether oxygens (including phenoxy) is 1. The molecule has 4 heteroatoms. The topological polar surface area (TPSA) is 9.23 Å². The van der Waals surface area contributed by atoms with Gasteiger partial charge in [0, 0.05) is 10.9 Å². The van der Waals surface area contributed by atoms with Crippen LogP contribution in [0.2, 0.25) is 5.02 Å². The molecule has 0 N–H and O–H groups in total. The van der Waals surface area contributed by atoms with Crippen molar-refractivity contribution in [3.8, 4) is 5.75 Å². The Labute approximate surface area is 125 Å². The maximum atomic E-state index is 13.3. The molecule has 2 aromatic rings. The van der Waals surface area contributed by atoms with Crippen LogP contribution in [0, 0.1) is 12.7 Å². The van der Waals surface area contributed by atoms with E-state index in [2.05, 4.69) is 22.0 Å². The van der Waals surface area contributed by atoms with Crippen molar-refractivity contribution >= 4 is 27.5 Å². The van der Waals surface area contributed by atoms with Crippen LogP contribution in [0.1, 0.15) is 16.7 Å². The van der Waals surface area contributed by atoms with Crippen LogP contribution < -0.4 is 4.74 Å². The molecule has 0 aromatic heterocycles. The molecule has 0 radical (unpaired) electrons. The van der Waals surface area contributed by atoms with E-state index in [1.807, 2.05) is 19.1 Å². The molecule has 2 aromatic carbocycles. The fraction of sp³-hybridized carbons (Fsp3) is 0.200. The minimum absolute atomic E-state index is 0.125. The molecule has 0 aliphatic heterocycles. The van der Waals surface area contributed by atoms with Gasteiger partial charge in [0.25, 0.3) is 0 Å². The summed E-state index contributed by atoms with van der Waals surface area (Å²) in [5.74, 6) is 0.380. The first-order chi connectivity index (χ1) is 9.10. The zero-order chi connectivity index (χ0) is 13.8. The average molecular weight is 344 g/mol. The van der Waals surface area contributed by atoms with Gasteiger partial charge in [-0.05, 0) is 30.7 Å². The van der Waals surface area contributed by atoms with E-state index in [9.17, 15) is 4.39 Å². The van der Waals surface area contributed by atoms with Crippen LogP contribution in [0.3, 0.4) is 0 Å². The second-order valence-electron chi connectivity index (χ2n) is 4.28. The predicted octanol–water partition coefficient (Wildman–Crippen LogP) is 5.26. The summed E-state index contributed by atoms with van der Waals surface area (Å²) >= 11 is 9.07. The van der Waals surface area contributed by atoms with Crippen LogP contribution in [0.5, 0.6) is 5.75 Å². The number of aryl methyl sites for hydroxylation is 1. The lowest BCUT2D eigenvalue weighted by atomic mass is 10.1. The summed E-state index contributed by atoms with van der Waals surface area (Å²) in [4.78, 5) is 0. The molecule has 0 bridgehead atoms. The molecule has 0 aliphatic carbocycles. The van der Waals surface area contributed by atoms with E-state index in [1.165, 1.54) is 17.7 Å². The maximum Gasteiger partial charge on any atom is 0.142 e. The first-order valence-corrected chi connectivity index (χ1v) is 7.32. The quantitative estimate of drug-likeness (QED) is 0.688. The summed E-state index contributed by atoms with van der Waals surface area (Å²) in [7, 11) is 0. The Balaban J connectivity index is 2.12. The Kier molecular flexibility index (Phi) is 4.83. The summed E-state index contributed by atoms with van der Waals surface area (Å²) in [5, 5.41) is 0.846. The van der Waals surface area contributed by atoms with E-state index in [0.29, 0.717) is 6.61 Å². The van der Waals surface area contributed by atoms with Crippen molar-refractivity contribution in [1.82, 2.24) is 0 Å². The van der Waals surface area contributed by atoms with Crippen molar-refractivity contribution in [2.24, 2.45) is 0 Å². The lowest BCUT2D eigenvalue weighted by Crippen LogP contribution is -1.98. The van der Waals surface area contributed by atoms with Crippen molar-refractivity contribution in [3.63, 3.8) is 0 Å². The maximum absolute atomic E-state index is 13.3. The zero-order valence-corrected chi connectivity index (χ0v) is 12.8. The van der Waals surface area contributed by atoms with Crippen LogP contribution in [-0.4, -0.2) is 0 Å². The number of alkyl halides is 1. The van der Waals surface area contributed by atoms with E-state index < -0.39 is 5.82 Å². The first-order valence-electron chi connectivity index (χ1n) is 5.82. The summed E-state index contributed by atoms with van der Waals surface area (Å²) in [5.41, 5.74) is 3.01. The number of hydrogen-bond acceptors (Lipinski definition) is 1. The van der Waals surface area contributed by atoms with Gasteiger partial charge in [-0.15, -0.1) is 0 Å². The highest BCUT2D eigenvalue weighted by Gasteiger charge is 2.05. The van der Waals surface area contributed by atoms with Crippen molar-refractivity contribution < 1.29 is 9.13 Å². The molecule has 2 rings (SSSR count). The van der Waals surface area contributed by atoms with E-state index in [-0.39, 0.29) is 5.02 Å². The van der Waals surface area contributed by atoms with Crippen molar-refractivity contribution in [2.45, 2.75) is 18.9 Å². The second-order valence-corrected chi connectivity index (χ2v) is 5.25. The van der Waals surface area contributed by atoms with Gasteiger partial charge < -0.3 is 4.74 Å². The van der Waals surface area contributed by atoms with Crippen LogP contribution in [-0.2, 0) is 11.9 Å². The zero-order valence-electron chi connectivity index (χ0n) is 10.4. The lowest BCUT2D eigenvalue weighted by Gasteiger charge is -2.11. The largest absolute Gasteiger partial charge is 0.489 e. The number of halogens is 3. The highest BCUT2D eigenvalue weighted by Crippen LogP contribution is 2.24. The van der Waals surface area contributed by atoms with Crippen LogP contribution in [0.15, 0.2) is 36.4 Å². The van der Waals surface area contributed by atoms with E-state index in [4.69, 9.17) is 16.3 Å². The van der Waals surface area contributed by atoms with E-state index in [0.717, 1.165) is 22.2 Å². The molecular formula is C15H13BrClFO. The number of hydrogen-bond donors (Lipinski definition) is 0. The molecule has 0 heterocycles. The van der Waals surface area contributed by atoms with Gasteiger partial charge in [0.05, 0.1) is 5.02 Å². The van der Waals surface area contributed by atoms with Gasteiger partial charge in [-0.2, -0.15) is 0 Å². The molecule has 100 valence electrons. The fourth-order valence-corrected chi connectivity index (χ4v) is 2.30. The third-order valence-electron chi connectivity index (χ3n) is 2.74. The third kappa shape index (κ3) is 3.71. The van der Waals surface area contributed by atoms with Crippen LogP contribution in [0.25, 0.3) is 0 Å². The molecule has 0 saturated carbocycles. The second kappa shape index (κ2) is 6.40. The molecule has 0 aliphatic rings. The minimum Gasteiger partial charge on any atom is -0.489 e. The van der Waals surface area contributed by atoms with Gasteiger partial charge in [0.1, 0.15) is 18.2 Å². The highest BCUT2D eigenvalue weighted by molar-refractivity contribution is 9.08. The van der Waals surface area contributed by atoms with Gasteiger partial charge in [-0.1, -0.05) is 51.3 Å². The predicted molar refractivity (Wildman–Crippen MR) is 79.6 cm³/mol. The summed E-state index contributed by atoms with van der Waals surface area (Å²) < 4.78 is 19.0. The summed E-state index contributed by atoms with van der Waals surface area (Å²) in [6, 6.07) is 10.7. The molecule has 0 saturated heterocycles. The van der Waals surface area contributed by atoms with Gasteiger partial charge in [-0.25, -0.2) is 4.39 Å². The Hall–Kier alpha value is -1.06. The van der Waals surface area contributed by atoms with Crippen LogP contribution >= 0.6 is 27.5 Å². The SMILES string of the molecule is Cc1ccc(OCc2ccc(Cl)c(F)c2)c(CBr)c1. The minimum atomic E-state index is -0.424. The van der Waals surface area contributed by atoms with Gasteiger partial charge in [0.15, 0.2) is 0 Å². The smallest absolute Gasteiger partial charge is 0.142 e. The number of rotatable bonds is 4. The molecule has 0 fully saturated rings. The van der Waals surface area contributed by atoms with Crippen LogP contribution in [0.4, 0.5) is 4.39 Å². The normalized spacial score (nSPS) is 10.5. The molecule has 1 nitrogen and oxygen atoms in total. The molecule has 0 unspecified atom stereocenters. The van der Waals surface area contributed by atoms with E-state index in [1.54, 1.807) is 6.07 Å². The van der Waals surface area contributed by atoms with E-state index >= 15 is 0 Å². The summed E-state index contributed by atoms with van der Waals surface area (Å²) in [6.45, 7) is 2.35. The number of benzene rings is 2. The monoisotopic (exact) mass is 342 g/mol. The molecular weight excluding hydrogens is 331 g/mol. The Morgan fingerprint density at radius 2 is 2.00 bits per heavy atom. The van der Waals surface area contributed by atoms with Crippen molar-refractivity contribution in [1.29, 1.82) is 0 Å². The van der Waals surface area contributed by atoms with Gasteiger partial charge in [-0.3, -0.25) is 0 Å². The van der Waals surface area contributed by atoms with Crippen molar-refractivity contribution in [2.75, 3.05) is 0 Å². The molecule has 19 heavy (non-hydrogen) atoms. The Morgan fingerprint density at radius 3 is 2.68 bits per heavy atom. The molecule has 0 spiro atoms. The average Bonchev–Trinajstić information content (AvgIpc) is 2.41. The first kappa shape index (κ1) is 14.4. The summed E-state index contributed by atoms with van der Waals surface area (Å²) in [6.07, 6.45) is 0. The molecule has 0 amide bonds. The van der Waals surface area contributed by atoms with Gasteiger partial charge >= 0.3 is 0 Å². The third-order valence-corrected chi connectivity index (χ3v) is 3.65. The van der Waals surface area contributed by atoms with Gasteiger partial charge in [0.2, 0.25) is 0 Å².